The molecule has 0 N–H and O–H groups in total. The van der Waals surface area contributed by atoms with Crippen LogP contribution in [-0.4, -0.2) is 24.1 Å². The fourth-order valence-corrected chi connectivity index (χ4v) is 3.19. The first-order valence-electron chi connectivity index (χ1n) is 6.97. The van der Waals surface area contributed by atoms with Crippen molar-refractivity contribution < 1.29 is 14.3 Å². The molecule has 0 aliphatic rings. The summed E-state index contributed by atoms with van der Waals surface area (Å²) < 4.78 is 3.72. The number of aldehydes is 1. The molecule has 0 radical (unpaired) electrons. The molecule has 0 heterocycles. The number of ether oxygens (including phenoxy) is 1. The van der Waals surface area contributed by atoms with Gasteiger partial charge < -0.3 is 9.53 Å². The highest BCUT2D eigenvalue weighted by atomic mass is 32.2. The molecule has 0 fully saturated rings. The minimum atomic E-state index is -1.12. The molecule has 1 rings (SSSR count). The van der Waals surface area contributed by atoms with E-state index in [1.54, 1.807) is 0 Å². The lowest BCUT2D eigenvalue weighted by Crippen LogP contribution is -2.38. The molecule has 20 heavy (non-hydrogen) atoms. The van der Waals surface area contributed by atoms with E-state index in [9.17, 15) is 9.59 Å². The second-order valence-corrected chi connectivity index (χ2v) is 6.13. The highest BCUT2D eigenvalue weighted by Gasteiger charge is 2.40. The van der Waals surface area contributed by atoms with Crippen molar-refractivity contribution in [2.24, 2.45) is 0 Å². The molecule has 1 unspecified atom stereocenters. The number of hydrogen-bond acceptors (Lipinski definition) is 4. The van der Waals surface area contributed by atoms with Crippen LogP contribution < -0.4 is 0 Å². The number of thioether (sulfide) groups is 1. The molecule has 0 aliphatic heterocycles. The summed E-state index contributed by atoms with van der Waals surface area (Å²) in [5.74, 6) is -0.460. The summed E-state index contributed by atoms with van der Waals surface area (Å²) in [6.45, 7) is 2.13. The molecular weight excluding hydrogens is 272 g/mol. The van der Waals surface area contributed by atoms with Gasteiger partial charge in [0.2, 0.25) is 0 Å². The Morgan fingerprint density at radius 2 is 1.95 bits per heavy atom. The highest BCUT2D eigenvalue weighted by Crippen LogP contribution is 2.36. The maximum atomic E-state index is 12.1. The molecule has 4 heteroatoms. The van der Waals surface area contributed by atoms with Gasteiger partial charge in [-0.3, -0.25) is 4.79 Å². The quantitative estimate of drug-likeness (QED) is 0.228. The van der Waals surface area contributed by atoms with Crippen LogP contribution in [0.3, 0.4) is 0 Å². The smallest absolute Gasteiger partial charge is 0.329 e. The topological polar surface area (TPSA) is 43.4 Å². The standard InChI is InChI=1S/C16H22O3S/c1-3-4-5-9-12-16(13-17,15(18)19-2)20-14-10-7-6-8-11-14/h6-8,10-11,13H,3-5,9,12H2,1-2H3. The van der Waals surface area contributed by atoms with Crippen LogP contribution in [0, 0.1) is 0 Å². The first-order valence-corrected chi connectivity index (χ1v) is 7.79. The van der Waals surface area contributed by atoms with Gasteiger partial charge in [0.1, 0.15) is 6.29 Å². The van der Waals surface area contributed by atoms with Gasteiger partial charge in [0.05, 0.1) is 7.11 Å². The number of benzene rings is 1. The molecule has 0 aliphatic carbocycles. The van der Waals surface area contributed by atoms with Crippen molar-refractivity contribution >= 4 is 24.0 Å². The van der Waals surface area contributed by atoms with E-state index in [0.29, 0.717) is 6.42 Å². The van der Waals surface area contributed by atoms with Gasteiger partial charge in [-0.2, -0.15) is 0 Å². The van der Waals surface area contributed by atoms with Gasteiger partial charge in [-0.1, -0.05) is 62.6 Å². The van der Waals surface area contributed by atoms with Gasteiger partial charge in [0.15, 0.2) is 4.75 Å². The van der Waals surface area contributed by atoms with Crippen molar-refractivity contribution in [2.45, 2.75) is 48.7 Å². The van der Waals surface area contributed by atoms with Crippen LogP contribution in [0.1, 0.15) is 39.0 Å². The number of unbranched alkanes of at least 4 members (excludes halogenated alkanes) is 3. The first-order chi connectivity index (χ1) is 9.68. The maximum absolute atomic E-state index is 12.1. The summed E-state index contributed by atoms with van der Waals surface area (Å²) in [6, 6.07) is 9.50. The van der Waals surface area contributed by atoms with E-state index in [2.05, 4.69) is 6.92 Å². The van der Waals surface area contributed by atoms with Gasteiger partial charge in [-0.25, -0.2) is 0 Å². The summed E-state index contributed by atoms with van der Waals surface area (Å²) in [6.07, 6.45) is 5.37. The van der Waals surface area contributed by atoms with E-state index < -0.39 is 10.7 Å². The van der Waals surface area contributed by atoms with Gasteiger partial charge in [-0.15, -0.1) is 0 Å². The molecular formula is C16H22O3S. The summed E-state index contributed by atoms with van der Waals surface area (Å²) in [5, 5.41) is 0. The predicted octanol–water partition coefficient (Wildman–Crippen LogP) is 3.86. The minimum Gasteiger partial charge on any atom is -0.468 e. The van der Waals surface area contributed by atoms with E-state index in [1.807, 2.05) is 30.3 Å². The van der Waals surface area contributed by atoms with Crippen molar-refractivity contribution in [3.8, 4) is 0 Å². The number of rotatable bonds is 9. The zero-order valence-corrected chi connectivity index (χ0v) is 12.9. The summed E-state index contributed by atoms with van der Waals surface area (Å²) in [4.78, 5) is 24.5. The van der Waals surface area contributed by atoms with E-state index in [-0.39, 0.29) is 0 Å². The second kappa shape index (κ2) is 8.80. The molecule has 0 amide bonds. The number of hydrogen-bond donors (Lipinski definition) is 0. The van der Waals surface area contributed by atoms with E-state index in [4.69, 9.17) is 4.74 Å². The van der Waals surface area contributed by atoms with Crippen LogP contribution in [0.2, 0.25) is 0 Å². The lowest BCUT2D eigenvalue weighted by molar-refractivity contribution is -0.145. The van der Waals surface area contributed by atoms with E-state index >= 15 is 0 Å². The third kappa shape index (κ3) is 4.67. The van der Waals surface area contributed by atoms with E-state index in [0.717, 1.165) is 36.9 Å². The number of esters is 1. The lowest BCUT2D eigenvalue weighted by Gasteiger charge is -2.24. The van der Waals surface area contributed by atoms with E-state index in [1.165, 1.54) is 18.9 Å². The zero-order chi connectivity index (χ0) is 14.8. The Hall–Kier alpha value is -1.29. The first kappa shape index (κ1) is 16.8. The van der Waals surface area contributed by atoms with Gasteiger partial charge >= 0.3 is 5.97 Å². The fraction of sp³-hybridized carbons (Fsp3) is 0.500. The van der Waals surface area contributed by atoms with Gasteiger partial charge in [0.25, 0.3) is 0 Å². The van der Waals surface area contributed by atoms with Crippen molar-refractivity contribution in [1.29, 1.82) is 0 Å². The van der Waals surface area contributed by atoms with Crippen LogP contribution in [-0.2, 0) is 14.3 Å². The molecule has 1 atom stereocenters. The normalized spacial score (nSPS) is 13.5. The van der Waals surface area contributed by atoms with Gasteiger partial charge in [-0.05, 0) is 18.6 Å². The molecule has 0 spiro atoms. The number of carbonyl (C=O) groups excluding carboxylic acids is 2. The van der Waals surface area contributed by atoms with Gasteiger partial charge in [0, 0.05) is 4.90 Å². The summed E-state index contributed by atoms with van der Waals surface area (Å²) in [5.41, 5.74) is 0. The summed E-state index contributed by atoms with van der Waals surface area (Å²) in [7, 11) is 1.33. The third-order valence-corrected chi connectivity index (χ3v) is 4.51. The van der Waals surface area contributed by atoms with Crippen LogP contribution in [0.4, 0.5) is 0 Å². The molecule has 1 aromatic carbocycles. The molecule has 0 saturated heterocycles. The maximum Gasteiger partial charge on any atom is 0.329 e. The SMILES string of the molecule is CCCCCCC(C=O)(Sc1ccccc1)C(=O)OC. The Bertz CT molecular complexity index is 419. The van der Waals surface area contributed by atoms with Crippen molar-refractivity contribution in [3.63, 3.8) is 0 Å². The Kier molecular flexibility index (Phi) is 7.37. The molecule has 0 bridgehead atoms. The second-order valence-electron chi connectivity index (χ2n) is 4.72. The average Bonchev–Trinajstić information content (AvgIpc) is 2.50. The predicted molar refractivity (Wildman–Crippen MR) is 81.9 cm³/mol. The van der Waals surface area contributed by atoms with Crippen LogP contribution in [0.15, 0.2) is 35.2 Å². The Morgan fingerprint density at radius 1 is 1.25 bits per heavy atom. The molecule has 1 aromatic rings. The lowest BCUT2D eigenvalue weighted by atomic mass is 10.0. The summed E-state index contributed by atoms with van der Waals surface area (Å²) >= 11 is 1.28. The highest BCUT2D eigenvalue weighted by molar-refractivity contribution is 8.02. The monoisotopic (exact) mass is 294 g/mol. The fourth-order valence-electron chi connectivity index (χ4n) is 2.01. The van der Waals surface area contributed by atoms with Crippen molar-refractivity contribution in [1.82, 2.24) is 0 Å². The molecule has 110 valence electrons. The van der Waals surface area contributed by atoms with Crippen molar-refractivity contribution in [3.05, 3.63) is 30.3 Å². The molecule has 0 aromatic heterocycles. The third-order valence-electron chi connectivity index (χ3n) is 3.17. The average molecular weight is 294 g/mol. The Balaban J connectivity index is 2.82. The Morgan fingerprint density at radius 3 is 2.50 bits per heavy atom. The molecule has 0 saturated carbocycles. The number of methoxy groups -OCH3 is 1. The van der Waals surface area contributed by atoms with Crippen LogP contribution in [0.5, 0.6) is 0 Å². The Labute approximate surface area is 125 Å². The van der Waals surface area contributed by atoms with Crippen molar-refractivity contribution in [2.75, 3.05) is 7.11 Å². The van der Waals surface area contributed by atoms with Crippen LogP contribution in [0.25, 0.3) is 0 Å². The largest absolute Gasteiger partial charge is 0.468 e. The minimum absolute atomic E-state index is 0.460. The van der Waals surface area contributed by atoms with Crippen LogP contribution >= 0.6 is 11.8 Å². The zero-order valence-electron chi connectivity index (χ0n) is 12.1. The number of carbonyl (C=O) groups is 2. The molecule has 3 nitrogen and oxygen atoms in total.